The van der Waals surface area contributed by atoms with E-state index in [1.54, 1.807) is 19.4 Å². The molecule has 6 rings (SSSR count). The number of hydrogen-bond donors (Lipinski definition) is 0. The van der Waals surface area contributed by atoms with Gasteiger partial charge in [0.15, 0.2) is 11.5 Å². The summed E-state index contributed by atoms with van der Waals surface area (Å²) in [4.78, 5) is 26.1. The number of amides is 2. The molecule has 162 valence electrons. The number of allylic oxidation sites excluding steroid dienone is 2. The molecule has 1 saturated heterocycles. The van der Waals surface area contributed by atoms with Crippen molar-refractivity contribution in [2.45, 2.75) is 19.4 Å². The van der Waals surface area contributed by atoms with Crippen LogP contribution in [0.1, 0.15) is 24.0 Å². The quantitative estimate of drug-likeness (QED) is 0.399. The Kier molecular flexibility index (Phi) is 4.25. The molecule has 0 aromatic heterocycles. The number of imide groups is 1. The van der Waals surface area contributed by atoms with Gasteiger partial charge in [-0.15, -0.1) is 0 Å². The third-order valence-electron chi connectivity index (χ3n) is 7.58. The maximum absolute atomic E-state index is 13.0. The van der Waals surface area contributed by atoms with Crippen molar-refractivity contribution in [1.82, 2.24) is 5.01 Å². The summed E-state index contributed by atoms with van der Waals surface area (Å²) in [6, 6.07) is 15.3. The van der Waals surface area contributed by atoms with Crippen LogP contribution in [0.5, 0.6) is 11.5 Å². The van der Waals surface area contributed by atoms with E-state index in [-0.39, 0.29) is 40.9 Å². The average molecular weight is 428 g/mol. The second-order valence-electron chi connectivity index (χ2n) is 9.14. The predicted molar refractivity (Wildman–Crippen MR) is 118 cm³/mol. The lowest BCUT2D eigenvalue weighted by molar-refractivity contribution is -0.141. The SMILES string of the molecule is COc1cc(/C=N\N2C(=O)[C@@H]3[C@H](C2=O)[C@H]2C=C[C@H]3C23CC3)ccc1OCc1ccccc1. The van der Waals surface area contributed by atoms with Crippen molar-refractivity contribution >= 4 is 18.0 Å². The molecule has 2 bridgehead atoms. The van der Waals surface area contributed by atoms with Gasteiger partial charge in [0.25, 0.3) is 11.8 Å². The van der Waals surface area contributed by atoms with E-state index in [9.17, 15) is 9.59 Å². The lowest BCUT2D eigenvalue weighted by Gasteiger charge is -2.18. The molecule has 4 aliphatic rings. The first-order valence-electron chi connectivity index (χ1n) is 11.1. The molecular weight excluding hydrogens is 404 g/mol. The molecule has 2 saturated carbocycles. The molecule has 2 aromatic rings. The van der Waals surface area contributed by atoms with Crippen LogP contribution >= 0.6 is 0 Å². The molecule has 1 heterocycles. The van der Waals surface area contributed by atoms with Crippen molar-refractivity contribution in [3.05, 3.63) is 71.8 Å². The number of hydrazone groups is 1. The van der Waals surface area contributed by atoms with Crippen LogP contribution in [-0.4, -0.2) is 30.1 Å². The van der Waals surface area contributed by atoms with Gasteiger partial charge in [0.2, 0.25) is 0 Å². The third kappa shape index (κ3) is 2.75. The van der Waals surface area contributed by atoms with Crippen molar-refractivity contribution in [3.63, 3.8) is 0 Å². The van der Waals surface area contributed by atoms with Crippen LogP contribution in [0.15, 0.2) is 65.8 Å². The standard InChI is InChI=1S/C26H24N2O4/c1-31-21-13-17(7-10-20(21)32-15-16-5-3-2-4-6-16)14-27-28-24(29)22-18-8-9-19(23(22)25(28)30)26(18)11-12-26/h2-10,13-14,18-19,22-23H,11-12,15H2,1H3/b27-14-/t18-,19-,22-,23+/m1/s1. The first kappa shape index (κ1) is 19.3. The zero-order valence-electron chi connectivity index (χ0n) is 17.8. The molecule has 1 spiro atoms. The highest BCUT2D eigenvalue weighted by molar-refractivity contribution is 6.07. The van der Waals surface area contributed by atoms with E-state index in [0.29, 0.717) is 18.1 Å². The Labute approximate surface area is 186 Å². The second kappa shape index (κ2) is 7.05. The largest absolute Gasteiger partial charge is 0.493 e. The minimum absolute atomic E-state index is 0.158. The highest BCUT2D eigenvalue weighted by Gasteiger charge is 2.73. The van der Waals surface area contributed by atoms with Crippen LogP contribution in [0.2, 0.25) is 0 Å². The zero-order chi connectivity index (χ0) is 21.9. The van der Waals surface area contributed by atoms with E-state index in [1.165, 1.54) is 0 Å². The van der Waals surface area contributed by atoms with Gasteiger partial charge in [0.05, 0.1) is 25.2 Å². The highest BCUT2D eigenvalue weighted by Crippen LogP contribution is 2.73. The van der Waals surface area contributed by atoms with Crippen molar-refractivity contribution in [2.75, 3.05) is 7.11 Å². The maximum Gasteiger partial charge on any atom is 0.254 e. The lowest BCUT2D eigenvalue weighted by atomic mass is 9.85. The van der Waals surface area contributed by atoms with Crippen LogP contribution in [0.25, 0.3) is 0 Å². The first-order valence-corrected chi connectivity index (χ1v) is 11.1. The van der Waals surface area contributed by atoms with E-state index >= 15 is 0 Å². The van der Waals surface area contributed by atoms with E-state index in [0.717, 1.165) is 29.0 Å². The molecule has 3 aliphatic carbocycles. The van der Waals surface area contributed by atoms with Gasteiger partial charge < -0.3 is 9.47 Å². The van der Waals surface area contributed by atoms with Crippen molar-refractivity contribution < 1.29 is 19.1 Å². The minimum Gasteiger partial charge on any atom is -0.493 e. The molecule has 2 amide bonds. The average Bonchev–Trinajstić information content (AvgIpc) is 3.43. The Hall–Kier alpha value is -3.41. The number of benzene rings is 2. The van der Waals surface area contributed by atoms with Gasteiger partial charge in [0.1, 0.15) is 6.61 Å². The summed E-state index contributed by atoms with van der Waals surface area (Å²) in [5, 5.41) is 5.37. The van der Waals surface area contributed by atoms with Gasteiger partial charge in [-0.05, 0) is 59.4 Å². The molecule has 3 fully saturated rings. The molecule has 4 atom stereocenters. The molecule has 0 radical (unpaired) electrons. The van der Waals surface area contributed by atoms with Crippen molar-refractivity contribution in [2.24, 2.45) is 34.2 Å². The maximum atomic E-state index is 13.0. The molecule has 6 heteroatoms. The molecule has 6 nitrogen and oxygen atoms in total. The molecule has 1 aliphatic heterocycles. The summed E-state index contributed by atoms with van der Waals surface area (Å²) < 4.78 is 11.4. The minimum atomic E-state index is -0.236. The number of hydrogen-bond acceptors (Lipinski definition) is 5. The molecule has 32 heavy (non-hydrogen) atoms. The summed E-state index contributed by atoms with van der Waals surface area (Å²) >= 11 is 0. The molecular formula is C26H24N2O4. The summed E-state index contributed by atoms with van der Waals surface area (Å²) in [7, 11) is 1.58. The Morgan fingerprint density at radius 3 is 2.31 bits per heavy atom. The third-order valence-corrected chi connectivity index (χ3v) is 7.58. The number of nitrogens with zero attached hydrogens (tertiary/aromatic N) is 2. The van der Waals surface area contributed by atoms with Crippen molar-refractivity contribution in [3.8, 4) is 11.5 Å². The Morgan fingerprint density at radius 1 is 1.00 bits per heavy atom. The normalized spacial score (nSPS) is 28.7. The van der Waals surface area contributed by atoms with Gasteiger partial charge in [-0.25, -0.2) is 0 Å². The molecule has 2 aromatic carbocycles. The van der Waals surface area contributed by atoms with Crippen LogP contribution < -0.4 is 9.47 Å². The number of carbonyl (C=O) groups excluding carboxylic acids is 2. The van der Waals surface area contributed by atoms with Crippen LogP contribution in [0.4, 0.5) is 0 Å². The number of ether oxygens (including phenoxy) is 2. The molecule has 0 N–H and O–H groups in total. The highest BCUT2D eigenvalue weighted by atomic mass is 16.5. The zero-order valence-corrected chi connectivity index (χ0v) is 17.8. The van der Waals surface area contributed by atoms with E-state index in [1.807, 2.05) is 42.5 Å². The molecule has 0 unspecified atom stereocenters. The van der Waals surface area contributed by atoms with Crippen LogP contribution in [0.3, 0.4) is 0 Å². The van der Waals surface area contributed by atoms with Crippen LogP contribution in [-0.2, 0) is 16.2 Å². The fraction of sp³-hybridized carbons (Fsp3) is 0.346. The van der Waals surface area contributed by atoms with Gasteiger partial charge >= 0.3 is 0 Å². The van der Waals surface area contributed by atoms with Gasteiger partial charge in [0, 0.05) is 0 Å². The Balaban J connectivity index is 1.18. The van der Waals surface area contributed by atoms with E-state index < -0.39 is 0 Å². The summed E-state index contributed by atoms with van der Waals surface area (Å²) in [6.45, 7) is 0.433. The Morgan fingerprint density at radius 2 is 1.69 bits per heavy atom. The fourth-order valence-electron chi connectivity index (χ4n) is 5.92. The van der Waals surface area contributed by atoms with Crippen molar-refractivity contribution in [1.29, 1.82) is 0 Å². The van der Waals surface area contributed by atoms with E-state index in [2.05, 4.69) is 17.3 Å². The summed E-state index contributed by atoms with van der Waals surface area (Å²) in [5.74, 6) is 0.808. The Bertz CT molecular complexity index is 1120. The first-order chi connectivity index (χ1) is 15.6. The summed E-state index contributed by atoms with van der Waals surface area (Å²) in [6.07, 6.45) is 8.13. The fourth-order valence-corrected chi connectivity index (χ4v) is 5.92. The number of carbonyl (C=O) groups is 2. The lowest BCUT2D eigenvalue weighted by Crippen LogP contribution is -2.30. The van der Waals surface area contributed by atoms with Gasteiger partial charge in [-0.2, -0.15) is 10.1 Å². The number of fused-ring (bicyclic) bond motifs is 3. The van der Waals surface area contributed by atoms with E-state index in [4.69, 9.17) is 9.47 Å². The summed E-state index contributed by atoms with van der Waals surface area (Å²) in [5.41, 5.74) is 1.99. The van der Waals surface area contributed by atoms with Gasteiger partial charge in [-0.1, -0.05) is 42.5 Å². The number of rotatable bonds is 6. The topological polar surface area (TPSA) is 68.2 Å². The van der Waals surface area contributed by atoms with Crippen LogP contribution in [0, 0.1) is 29.1 Å². The smallest absolute Gasteiger partial charge is 0.254 e. The predicted octanol–water partition coefficient (Wildman–Crippen LogP) is 3.81. The number of methoxy groups -OCH3 is 1. The second-order valence-corrected chi connectivity index (χ2v) is 9.14. The van der Waals surface area contributed by atoms with Gasteiger partial charge in [-0.3, -0.25) is 9.59 Å². The monoisotopic (exact) mass is 428 g/mol.